The molecule has 1 unspecified atom stereocenters. The fourth-order valence-electron chi connectivity index (χ4n) is 1.83. The van der Waals surface area contributed by atoms with E-state index in [1.807, 2.05) is 25.1 Å². The van der Waals surface area contributed by atoms with Crippen molar-refractivity contribution in [2.75, 3.05) is 0 Å². The topological polar surface area (TPSA) is 38.1 Å². The fraction of sp³-hybridized carbons (Fsp3) is 0.357. The van der Waals surface area contributed by atoms with Crippen molar-refractivity contribution < 1.29 is 4.52 Å². The van der Waals surface area contributed by atoms with Crippen molar-refractivity contribution in [1.29, 1.82) is 0 Å². The van der Waals surface area contributed by atoms with Gasteiger partial charge in [-0.15, -0.1) is 0 Å². The number of aryl methyl sites for hydroxylation is 1. The molecule has 18 heavy (non-hydrogen) atoms. The minimum absolute atomic E-state index is 0.378. The molecular formula is C14H17ClN2O. The van der Waals surface area contributed by atoms with Crippen LogP contribution in [0, 0.1) is 6.92 Å². The molecule has 1 aromatic heterocycles. The zero-order valence-corrected chi connectivity index (χ0v) is 11.4. The van der Waals surface area contributed by atoms with Gasteiger partial charge < -0.3 is 9.84 Å². The van der Waals surface area contributed by atoms with Gasteiger partial charge in [-0.3, -0.25) is 0 Å². The molecule has 0 fully saturated rings. The third kappa shape index (κ3) is 3.86. The molecule has 1 N–H and O–H groups in total. The zero-order chi connectivity index (χ0) is 13.0. The highest BCUT2D eigenvalue weighted by molar-refractivity contribution is 6.30. The Balaban J connectivity index is 1.81. The summed E-state index contributed by atoms with van der Waals surface area (Å²) in [6.07, 6.45) is 0.966. The van der Waals surface area contributed by atoms with Gasteiger partial charge in [0.25, 0.3) is 0 Å². The van der Waals surface area contributed by atoms with Gasteiger partial charge in [-0.05, 0) is 38.0 Å². The number of nitrogens with zero attached hydrogens (tertiary/aromatic N) is 1. The first-order valence-corrected chi connectivity index (χ1v) is 6.41. The standard InChI is InChI=1S/C14H17ClN2O/c1-10(7-12-3-5-13(15)6-4-12)16-9-14-8-11(2)18-17-14/h3-6,8,10,16H,7,9H2,1-2H3. The maximum absolute atomic E-state index is 5.86. The Morgan fingerprint density at radius 2 is 2.06 bits per heavy atom. The summed E-state index contributed by atoms with van der Waals surface area (Å²) in [5.41, 5.74) is 2.21. The molecule has 0 saturated heterocycles. The molecule has 3 nitrogen and oxygen atoms in total. The largest absolute Gasteiger partial charge is 0.361 e. The predicted octanol–water partition coefficient (Wildman–Crippen LogP) is 3.36. The van der Waals surface area contributed by atoms with E-state index in [1.165, 1.54) is 5.56 Å². The van der Waals surface area contributed by atoms with Crippen LogP contribution in [0.2, 0.25) is 5.02 Å². The minimum atomic E-state index is 0.378. The van der Waals surface area contributed by atoms with E-state index in [-0.39, 0.29) is 0 Å². The number of benzene rings is 1. The lowest BCUT2D eigenvalue weighted by Crippen LogP contribution is -2.27. The van der Waals surface area contributed by atoms with E-state index in [4.69, 9.17) is 16.1 Å². The summed E-state index contributed by atoms with van der Waals surface area (Å²) in [5.74, 6) is 0.845. The first kappa shape index (κ1) is 13.1. The maximum atomic E-state index is 5.86. The minimum Gasteiger partial charge on any atom is -0.361 e. The SMILES string of the molecule is Cc1cc(CNC(C)Cc2ccc(Cl)cc2)no1. The van der Waals surface area contributed by atoms with Crippen molar-refractivity contribution in [2.24, 2.45) is 0 Å². The molecule has 0 bridgehead atoms. The summed E-state index contributed by atoms with van der Waals surface area (Å²) in [4.78, 5) is 0. The van der Waals surface area contributed by atoms with E-state index in [0.717, 1.165) is 29.4 Å². The molecule has 2 rings (SSSR count). The second-order valence-electron chi connectivity index (χ2n) is 4.54. The van der Waals surface area contributed by atoms with Crippen molar-refractivity contribution in [3.8, 4) is 0 Å². The van der Waals surface area contributed by atoms with Gasteiger partial charge in [0.15, 0.2) is 0 Å². The van der Waals surface area contributed by atoms with Gasteiger partial charge >= 0.3 is 0 Å². The van der Waals surface area contributed by atoms with Gasteiger partial charge in [-0.2, -0.15) is 0 Å². The first-order valence-electron chi connectivity index (χ1n) is 6.03. The molecule has 0 saturated carbocycles. The maximum Gasteiger partial charge on any atom is 0.133 e. The van der Waals surface area contributed by atoms with E-state index in [9.17, 15) is 0 Å². The molecule has 1 atom stereocenters. The average molecular weight is 265 g/mol. The monoisotopic (exact) mass is 264 g/mol. The van der Waals surface area contributed by atoms with Gasteiger partial charge in [0.2, 0.25) is 0 Å². The van der Waals surface area contributed by atoms with Crippen molar-refractivity contribution in [2.45, 2.75) is 32.9 Å². The quantitative estimate of drug-likeness (QED) is 0.900. The Hall–Kier alpha value is -1.32. The summed E-state index contributed by atoms with van der Waals surface area (Å²) >= 11 is 5.86. The highest BCUT2D eigenvalue weighted by Crippen LogP contribution is 2.11. The molecule has 0 radical (unpaired) electrons. The van der Waals surface area contributed by atoms with Crippen LogP contribution in [0.5, 0.6) is 0 Å². The molecule has 1 heterocycles. The van der Waals surface area contributed by atoms with Crippen LogP contribution in [-0.4, -0.2) is 11.2 Å². The average Bonchev–Trinajstić information content (AvgIpc) is 2.76. The normalized spacial score (nSPS) is 12.6. The van der Waals surface area contributed by atoms with E-state index >= 15 is 0 Å². The lowest BCUT2D eigenvalue weighted by molar-refractivity contribution is 0.386. The van der Waals surface area contributed by atoms with E-state index < -0.39 is 0 Å². The number of aromatic nitrogens is 1. The Morgan fingerprint density at radius 1 is 1.33 bits per heavy atom. The van der Waals surface area contributed by atoms with Crippen LogP contribution in [-0.2, 0) is 13.0 Å². The lowest BCUT2D eigenvalue weighted by atomic mass is 10.1. The summed E-state index contributed by atoms with van der Waals surface area (Å²) in [6.45, 7) is 4.78. The molecular weight excluding hydrogens is 248 g/mol. The zero-order valence-electron chi connectivity index (χ0n) is 10.6. The van der Waals surface area contributed by atoms with Gasteiger partial charge in [0.05, 0.1) is 5.69 Å². The molecule has 96 valence electrons. The van der Waals surface area contributed by atoms with Crippen molar-refractivity contribution in [1.82, 2.24) is 10.5 Å². The summed E-state index contributed by atoms with van der Waals surface area (Å²) in [5, 5.41) is 8.15. The van der Waals surface area contributed by atoms with Crippen LogP contribution >= 0.6 is 11.6 Å². The Morgan fingerprint density at radius 3 is 2.67 bits per heavy atom. The highest BCUT2D eigenvalue weighted by atomic mass is 35.5. The number of halogens is 1. The second kappa shape index (κ2) is 6.03. The van der Waals surface area contributed by atoms with Crippen LogP contribution in [0.15, 0.2) is 34.9 Å². The predicted molar refractivity (Wildman–Crippen MR) is 72.7 cm³/mol. The number of hydrogen-bond acceptors (Lipinski definition) is 3. The van der Waals surface area contributed by atoms with E-state index in [1.54, 1.807) is 0 Å². The van der Waals surface area contributed by atoms with E-state index in [2.05, 4.69) is 29.5 Å². The van der Waals surface area contributed by atoms with Crippen LogP contribution in [0.25, 0.3) is 0 Å². The van der Waals surface area contributed by atoms with Gasteiger partial charge in [-0.25, -0.2) is 0 Å². The van der Waals surface area contributed by atoms with Crippen LogP contribution in [0.3, 0.4) is 0 Å². The molecule has 0 aliphatic carbocycles. The number of nitrogens with one attached hydrogen (secondary N) is 1. The summed E-state index contributed by atoms with van der Waals surface area (Å²) in [7, 11) is 0. The number of rotatable bonds is 5. The van der Waals surface area contributed by atoms with Gasteiger partial charge in [-0.1, -0.05) is 28.9 Å². The second-order valence-corrected chi connectivity index (χ2v) is 4.98. The van der Waals surface area contributed by atoms with Crippen molar-refractivity contribution >= 4 is 11.6 Å². The van der Waals surface area contributed by atoms with Crippen LogP contribution < -0.4 is 5.32 Å². The summed E-state index contributed by atoms with van der Waals surface area (Å²) in [6, 6.07) is 10.3. The highest BCUT2D eigenvalue weighted by Gasteiger charge is 2.05. The Labute approximate surface area is 112 Å². The molecule has 4 heteroatoms. The van der Waals surface area contributed by atoms with Gasteiger partial charge in [0.1, 0.15) is 5.76 Å². The number of hydrogen-bond donors (Lipinski definition) is 1. The smallest absolute Gasteiger partial charge is 0.133 e. The van der Waals surface area contributed by atoms with Crippen LogP contribution in [0.4, 0.5) is 0 Å². The summed E-state index contributed by atoms with van der Waals surface area (Å²) < 4.78 is 5.02. The third-order valence-electron chi connectivity index (χ3n) is 2.76. The first-order chi connectivity index (χ1) is 8.63. The third-order valence-corrected chi connectivity index (χ3v) is 3.02. The molecule has 2 aromatic rings. The van der Waals surface area contributed by atoms with Crippen molar-refractivity contribution in [3.63, 3.8) is 0 Å². The van der Waals surface area contributed by atoms with E-state index in [0.29, 0.717) is 6.04 Å². The molecule has 0 aliphatic rings. The van der Waals surface area contributed by atoms with Crippen LogP contribution in [0.1, 0.15) is 23.9 Å². The molecule has 1 aromatic carbocycles. The Kier molecular flexibility index (Phi) is 4.39. The van der Waals surface area contributed by atoms with Crippen molar-refractivity contribution in [3.05, 3.63) is 52.4 Å². The lowest BCUT2D eigenvalue weighted by Gasteiger charge is -2.12. The molecule has 0 amide bonds. The molecule has 0 spiro atoms. The fourth-order valence-corrected chi connectivity index (χ4v) is 1.95. The van der Waals surface area contributed by atoms with Gasteiger partial charge in [0, 0.05) is 23.7 Å². The molecule has 0 aliphatic heterocycles. The Bertz CT molecular complexity index is 493.